The number of nitrogens with one attached hydrogen (secondary N) is 2. The molecule has 7 nitrogen and oxygen atoms in total. The Kier molecular flexibility index (Phi) is 5.75. The monoisotopic (exact) mass is 361 g/mol. The average molecular weight is 361 g/mol. The molecule has 0 radical (unpaired) electrons. The molecule has 0 unspecified atom stereocenters. The number of carbonyl (C=O) groups is 1. The van der Waals surface area contributed by atoms with E-state index in [4.69, 9.17) is 4.74 Å². The number of hydrogen-bond acceptors (Lipinski definition) is 4. The van der Waals surface area contributed by atoms with Crippen LogP contribution in [0.25, 0.3) is 0 Å². The molecule has 4 rings (SSSR count). The molecule has 0 aromatic carbocycles. The van der Waals surface area contributed by atoms with Gasteiger partial charge in [-0.05, 0) is 38.5 Å². The van der Waals surface area contributed by atoms with Crippen molar-refractivity contribution in [1.29, 1.82) is 0 Å². The Morgan fingerprint density at radius 1 is 1.15 bits per heavy atom. The molecule has 4 heterocycles. The Bertz CT molecular complexity index is 564. The number of carbonyl (C=O) groups excluding carboxylic acids is 1. The number of H-pyrrole nitrogens is 1. The van der Waals surface area contributed by atoms with Crippen LogP contribution in [0.15, 0.2) is 12.4 Å². The van der Waals surface area contributed by atoms with E-state index >= 15 is 0 Å². The molecule has 0 spiro atoms. The summed E-state index contributed by atoms with van der Waals surface area (Å²) in [7, 11) is 0. The molecular formula is C19H31N5O2. The molecule has 3 saturated heterocycles. The number of urea groups is 1. The maximum Gasteiger partial charge on any atom is 0.317 e. The zero-order chi connectivity index (χ0) is 17.8. The SMILES string of the molecule is O=C(NC1CCN(C2CCOCC2)CC1)N1CCC[C@H](c2ncc[nH]2)C1. The fourth-order valence-corrected chi connectivity index (χ4v) is 4.61. The zero-order valence-corrected chi connectivity index (χ0v) is 15.5. The van der Waals surface area contributed by atoms with Gasteiger partial charge in [0.15, 0.2) is 0 Å². The first kappa shape index (κ1) is 17.8. The second-order valence-corrected chi connectivity index (χ2v) is 7.86. The standard InChI is InChI=1S/C19H31N5O2/c25-19(24-9-1-2-15(14-24)18-20-7-8-21-18)22-16-3-10-23(11-4-16)17-5-12-26-13-6-17/h7-8,15-17H,1-6,9-14H2,(H,20,21)(H,22,25)/t15-/m0/s1. The van der Waals surface area contributed by atoms with Crippen LogP contribution in [0.2, 0.25) is 0 Å². The quantitative estimate of drug-likeness (QED) is 0.863. The second kappa shape index (κ2) is 8.39. The van der Waals surface area contributed by atoms with Gasteiger partial charge in [0.25, 0.3) is 0 Å². The third-order valence-electron chi connectivity index (χ3n) is 6.18. The van der Waals surface area contributed by atoms with E-state index in [2.05, 4.69) is 20.2 Å². The second-order valence-electron chi connectivity index (χ2n) is 7.86. The fourth-order valence-electron chi connectivity index (χ4n) is 4.61. The van der Waals surface area contributed by atoms with Crippen molar-refractivity contribution >= 4 is 6.03 Å². The summed E-state index contributed by atoms with van der Waals surface area (Å²) in [5.41, 5.74) is 0. The van der Waals surface area contributed by atoms with E-state index in [1.165, 1.54) is 0 Å². The Hall–Kier alpha value is -1.60. The normalized spacial score (nSPS) is 26.8. The molecule has 1 aromatic rings. The summed E-state index contributed by atoms with van der Waals surface area (Å²) in [5, 5.41) is 3.28. The van der Waals surface area contributed by atoms with Crippen LogP contribution >= 0.6 is 0 Å². The minimum Gasteiger partial charge on any atom is -0.381 e. The lowest BCUT2D eigenvalue weighted by atomic mass is 9.97. The summed E-state index contributed by atoms with van der Waals surface area (Å²) < 4.78 is 5.47. The largest absolute Gasteiger partial charge is 0.381 e. The van der Waals surface area contributed by atoms with E-state index < -0.39 is 0 Å². The molecular weight excluding hydrogens is 330 g/mol. The van der Waals surface area contributed by atoms with Gasteiger partial charge in [0.2, 0.25) is 0 Å². The van der Waals surface area contributed by atoms with Crippen LogP contribution in [0.1, 0.15) is 50.3 Å². The molecule has 0 bridgehead atoms. The summed E-state index contributed by atoms with van der Waals surface area (Å²) in [6.45, 7) is 5.58. The number of imidazole rings is 1. The minimum atomic E-state index is 0.103. The summed E-state index contributed by atoms with van der Waals surface area (Å²) in [4.78, 5) is 24.9. The van der Waals surface area contributed by atoms with E-state index in [1.807, 2.05) is 11.1 Å². The predicted molar refractivity (Wildman–Crippen MR) is 99.1 cm³/mol. The Balaban J connectivity index is 1.23. The van der Waals surface area contributed by atoms with Gasteiger partial charge in [-0.2, -0.15) is 0 Å². The van der Waals surface area contributed by atoms with E-state index in [0.29, 0.717) is 18.0 Å². The number of piperidine rings is 2. The van der Waals surface area contributed by atoms with E-state index in [1.54, 1.807) is 6.20 Å². The molecule has 0 aliphatic carbocycles. The highest BCUT2D eigenvalue weighted by molar-refractivity contribution is 5.74. The third-order valence-corrected chi connectivity index (χ3v) is 6.18. The van der Waals surface area contributed by atoms with Crippen LogP contribution in [0.3, 0.4) is 0 Å². The molecule has 2 amide bonds. The molecule has 0 saturated carbocycles. The van der Waals surface area contributed by atoms with Crippen molar-refractivity contribution in [3.63, 3.8) is 0 Å². The first-order valence-corrected chi connectivity index (χ1v) is 10.2. The van der Waals surface area contributed by atoms with Crippen molar-refractivity contribution in [2.45, 2.75) is 56.5 Å². The van der Waals surface area contributed by atoms with Crippen molar-refractivity contribution in [2.75, 3.05) is 39.4 Å². The number of aromatic amines is 1. The van der Waals surface area contributed by atoms with Gasteiger partial charge in [-0.15, -0.1) is 0 Å². The average Bonchev–Trinajstić information content (AvgIpc) is 3.24. The number of nitrogens with zero attached hydrogens (tertiary/aromatic N) is 3. The Morgan fingerprint density at radius 3 is 2.69 bits per heavy atom. The highest BCUT2D eigenvalue weighted by Crippen LogP contribution is 2.25. The number of hydrogen-bond donors (Lipinski definition) is 2. The maximum absolute atomic E-state index is 12.7. The van der Waals surface area contributed by atoms with E-state index in [-0.39, 0.29) is 6.03 Å². The predicted octanol–water partition coefficient (Wildman–Crippen LogP) is 1.94. The van der Waals surface area contributed by atoms with Gasteiger partial charge in [0.05, 0.1) is 0 Å². The molecule has 1 atom stereocenters. The fraction of sp³-hybridized carbons (Fsp3) is 0.789. The number of amides is 2. The highest BCUT2D eigenvalue weighted by atomic mass is 16.5. The van der Waals surface area contributed by atoms with Crippen LogP contribution in [0, 0.1) is 0 Å². The molecule has 3 aliphatic heterocycles. The van der Waals surface area contributed by atoms with Gasteiger partial charge in [0, 0.05) is 69.8 Å². The summed E-state index contributed by atoms with van der Waals surface area (Å²) >= 11 is 0. The first-order valence-electron chi connectivity index (χ1n) is 10.2. The molecule has 3 fully saturated rings. The van der Waals surface area contributed by atoms with Crippen LogP contribution in [-0.4, -0.2) is 77.3 Å². The van der Waals surface area contributed by atoms with Crippen LogP contribution in [0.5, 0.6) is 0 Å². The van der Waals surface area contributed by atoms with Gasteiger partial charge in [-0.1, -0.05) is 0 Å². The zero-order valence-electron chi connectivity index (χ0n) is 15.5. The van der Waals surface area contributed by atoms with Crippen LogP contribution in [-0.2, 0) is 4.74 Å². The Morgan fingerprint density at radius 2 is 1.96 bits per heavy atom. The van der Waals surface area contributed by atoms with E-state index in [0.717, 1.165) is 83.7 Å². The van der Waals surface area contributed by atoms with Crippen molar-refractivity contribution in [3.05, 3.63) is 18.2 Å². The molecule has 3 aliphatic rings. The van der Waals surface area contributed by atoms with Gasteiger partial charge in [0.1, 0.15) is 5.82 Å². The summed E-state index contributed by atoms with van der Waals surface area (Å²) in [6.07, 6.45) is 10.2. The molecule has 26 heavy (non-hydrogen) atoms. The molecule has 1 aromatic heterocycles. The lowest BCUT2D eigenvalue weighted by Gasteiger charge is -2.40. The highest BCUT2D eigenvalue weighted by Gasteiger charge is 2.30. The molecule has 144 valence electrons. The summed E-state index contributed by atoms with van der Waals surface area (Å²) in [6, 6.07) is 1.09. The first-order chi connectivity index (χ1) is 12.8. The summed E-state index contributed by atoms with van der Waals surface area (Å²) in [5.74, 6) is 1.34. The van der Waals surface area contributed by atoms with Crippen molar-refractivity contribution < 1.29 is 9.53 Å². The van der Waals surface area contributed by atoms with Crippen molar-refractivity contribution in [3.8, 4) is 0 Å². The number of rotatable bonds is 3. The van der Waals surface area contributed by atoms with Gasteiger partial charge >= 0.3 is 6.03 Å². The minimum absolute atomic E-state index is 0.103. The third kappa shape index (κ3) is 4.20. The van der Waals surface area contributed by atoms with Crippen LogP contribution < -0.4 is 5.32 Å². The number of ether oxygens (including phenoxy) is 1. The van der Waals surface area contributed by atoms with Crippen molar-refractivity contribution in [1.82, 2.24) is 25.1 Å². The Labute approximate surface area is 155 Å². The van der Waals surface area contributed by atoms with Gasteiger partial charge in [-0.25, -0.2) is 9.78 Å². The number of likely N-dealkylation sites (tertiary alicyclic amines) is 2. The van der Waals surface area contributed by atoms with Crippen molar-refractivity contribution in [2.24, 2.45) is 0 Å². The number of aromatic nitrogens is 2. The van der Waals surface area contributed by atoms with Gasteiger partial charge in [-0.3, -0.25) is 0 Å². The topological polar surface area (TPSA) is 73.5 Å². The lowest BCUT2D eigenvalue weighted by molar-refractivity contribution is 0.0241. The van der Waals surface area contributed by atoms with Crippen LogP contribution in [0.4, 0.5) is 4.79 Å². The lowest BCUT2D eigenvalue weighted by Crippen LogP contribution is -2.53. The smallest absolute Gasteiger partial charge is 0.317 e. The van der Waals surface area contributed by atoms with Gasteiger partial charge < -0.3 is 24.8 Å². The van der Waals surface area contributed by atoms with E-state index in [9.17, 15) is 4.79 Å². The molecule has 7 heteroatoms. The maximum atomic E-state index is 12.7. The molecule has 2 N–H and O–H groups in total.